The molecule has 0 radical (unpaired) electrons. The second-order valence-electron chi connectivity index (χ2n) is 7.39. The summed E-state index contributed by atoms with van der Waals surface area (Å²) in [4.78, 5) is 30.7. The number of aromatic nitrogens is 2. The number of nitrogens with one attached hydrogen (secondary N) is 1. The number of amides is 2. The molecule has 1 N–H and O–H groups in total. The highest BCUT2D eigenvalue weighted by atomic mass is 16.2. The molecule has 2 aliphatic rings. The highest BCUT2D eigenvalue weighted by Crippen LogP contribution is 2.54. The summed E-state index contributed by atoms with van der Waals surface area (Å²) in [6.45, 7) is 2.26. The molecule has 1 saturated carbocycles. The summed E-state index contributed by atoms with van der Waals surface area (Å²) in [6, 6.07) is 9.60. The fraction of sp³-hybridized carbons (Fsp3) is 0.450. The molecule has 2 fully saturated rings. The van der Waals surface area contributed by atoms with E-state index in [1.807, 2.05) is 46.0 Å². The van der Waals surface area contributed by atoms with Crippen LogP contribution in [0.2, 0.25) is 0 Å². The zero-order valence-electron chi connectivity index (χ0n) is 14.8. The Morgan fingerprint density at radius 3 is 2.65 bits per heavy atom. The normalized spacial score (nSPS) is 20.8. The minimum absolute atomic E-state index is 0.00585. The molecule has 26 heavy (non-hydrogen) atoms. The third-order valence-corrected chi connectivity index (χ3v) is 5.79. The number of imidazole rings is 1. The highest BCUT2D eigenvalue weighted by Gasteiger charge is 2.55. The number of hydrogen-bond acceptors (Lipinski definition) is 3. The number of nitrogens with zero attached hydrogens (tertiary/aromatic N) is 3. The lowest BCUT2D eigenvalue weighted by molar-refractivity contribution is -0.133. The van der Waals surface area contributed by atoms with E-state index in [2.05, 4.69) is 10.3 Å². The van der Waals surface area contributed by atoms with Crippen molar-refractivity contribution in [3.8, 4) is 0 Å². The lowest BCUT2D eigenvalue weighted by Gasteiger charge is -2.33. The molecule has 2 amide bonds. The van der Waals surface area contributed by atoms with Gasteiger partial charge in [-0.1, -0.05) is 18.2 Å². The molecule has 1 aromatic carbocycles. The fourth-order valence-corrected chi connectivity index (χ4v) is 3.94. The van der Waals surface area contributed by atoms with Crippen molar-refractivity contribution in [2.45, 2.75) is 38.3 Å². The molecule has 2 aromatic rings. The van der Waals surface area contributed by atoms with Crippen LogP contribution in [0.4, 0.5) is 0 Å². The first-order valence-corrected chi connectivity index (χ1v) is 9.26. The van der Waals surface area contributed by atoms with Crippen molar-refractivity contribution in [1.82, 2.24) is 19.8 Å². The number of carbonyl (C=O) groups excluding carboxylic acids is 2. The summed E-state index contributed by atoms with van der Waals surface area (Å²) in [5.41, 5.74) is 0.910. The monoisotopic (exact) mass is 352 g/mol. The Bertz CT molecular complexity index is 764. The largest absolute Gasteiger partial charge is 0.349 e. The lowest BCUT2D eigenvalue weighted by atomic mass is 9.92. The quantitative estimate of drug-likeness (QED) is 0.896. The molecule has 1 aromatic heterocycles. The standard InChI is InChI=1S/C20H24N4O2/c25-18(6-10-23-13-9-21-15-23)24-11-7-20(8-12-24)14-17(20)22-19(26)16-4-2-1-3-5-16/h1-5,9,13,15,17H,6-8,10-12,14H2,(H,22,26). The number of piperidine rings is 1. The average molecular weight is 352 g/mol. The summed E-state index contributed by atoms with van der Waals surface area (Å²) >= 11 is 0. The zero-order valence-corrected chi connectivity index (χ0v) is 14.8. The average Bonchev–Trinajstić information content (AvgIpc) is 3.09. The van der Waals surface area contributed by atoms with Gasteiger partial charge in [-0.3, -0.25) is 9.59 Å². The predicted octanol–water partition coefficient (Wildman–Crippen LogP) is 2.08. The van der Waals surface area contributed by atoms with Crippen LogP contribution in [0.15, 0.2) is 49.1 Å². The van der Waals surface area contributed by atoms with Gasteiger partial charge in [0.2, 0.25) is 5.91 Å². The number of aryl methyl sites for hydroxylation is 1. The predicted molar refractivity (Wildman–Crippen MR) is 97.4 cm³/mol. The van der Waals surface area contributed by atoms with Gasteiger partial charge in [0.25, 0.3) is 5.91 Å². The second-order valence-corrected chi connectivity index (χ2v) is 7.39. The first kappa shape index (κ1) is 16.8. The van der Waals surface area contributed by atoms with Crippen LogP contribution in [0.1, 0.15) is 36.0 Å². The number of benzene rings is 1. The summed E-state index contributed by atoms with van der Waals surface area (Å²) in [6.07, 6.45) is 8.84. The minimum Gasteiger partial charge on any atom is -0.349 e. The van der Waals surface area contributed by atoms with Gasteiger partial charge in [-0.05, 0) is 36.8 Å². The van der Waals surface area contributed by atoms with E-state index in [0.29, 0.717) is 18.5 Å². The molecule has 2 heterocycles. The molecule has 4 rings (SSSR count). The molecule has 136 valence electrons. The first-order chi connectivity index (χ1) is 12.7. The molecule has 0 bridgehead atoms. The van der Waals surface area contributed by atoms with Crippen molar-refractivity contribution >= 4 is 11.8 Å². The highest BCUT2D eigenvalue weighted by molar-refractivity contribution is 5.94. The minimum atomic E-state index is 0.00585. The Morgan fingerprint density at radius 1 is 1.19 bits per heavy atom. The van der Waals surface area contributed by atoms with Crippen molar-refractivity contribution in [2.24, 2.45) is 5.41 Å². The molecule has 6 nitrogen and oxygen atoms in total. The van der Waals surface area contributed by atoms with E-state index < -0.39 is 0 Å². The van der Waals surface area contributed by atoms with Gasteiger partial charge in [0, 0.05) is 50.1 Å². The van der Waals surface area contributed by atoms with Gasteiger partial charge in [0.1, 0.15) is 0 Å². The Hall–Kier alpha value is -2.63. The van der Waals surface area contributed by atoms with Crippen molar-refractivity contribution in [3.63, 3.8) is 0 Å². The lowest BCUT2D eigenvalue weighted by Crippen LogP contribution is -2.42. The SMILES string of the molecule is O=C(NC1CC12CCN(C(=O)CCn1ccnc1)CC2)c1ccccc1. The maximum atomic E-state index is 12.4. The van der Waals surface area contributed by atoms with Crippen molar-refractivity contribution in [3.05, 3.63) is 54.6 Å². The Kier molecular flexibility index (Phi) is 4.49. The van der Waals surface area contributed by atoms with Gasteiger partial charge in [0.05, 0.1) is 6.33 Å². The number of likely N-dealkylation sites (tertiary alicyclic amines) is 1. The van der Waals surface area contributed by atoms with Crippen LogP contribution in [0.5, 0.6) is 0 Å². The van der Waals surface area contributed by atoms with Gasteiger partial charge >= 0.3 is 0 Å². The van der Waals surface area contributed by atoms with Gasteiger partial charge in [-0.15, -0.1) is 0 Å². The summed E-state index contributed by atoms with van der Waals surface area (Å²) < 4.78 is 1.93. The van der Waals surface area contributed by atoms with Gasteiger partial charge in [-0.2, -0.15) is 0 Å². The van der Waals surface area contributed by atoms with Crippen molar-refractivity contribution < 1.29 is 9.59 Å². The second kappa shape index (κ2) is 6.94. The van der Waals surface area contributed by atoms with E-state index in [0.717, 1.165) is 32.4 Å². The molecule has 6 heteroatoms. The summed E-state index contributed by atoms with van der Waals surface area (Å²) in [5, 5.41) is 3.17. The van der Waals surface area contributed by atoms with Crippen molar-refractivity contribution in [1.29, 1.82) is 0 Å². The van der Waals surface area contributed by atoms with Gasteiger partial charge < -0.3 is 14.8 Å². The van der Waals surface area contributed by atoms with Gasteiger partial charge in [-0.25, -0.2) is 4.98 Å². The van der Waals surface area contributed by atoms with Crippen LogP contribution >= 0.6 is 0 Å². The summed E-state index contributed by atoms with van der Waals surface area (Å²) in [7, 11) is 0. The zero-order chi connectivity index (χ0) is 18.0. The molecule has 1 atom stereocenters. The third kappa shape index (κ3) is 3.49. The van der Waals surface area contributed by atoms with Crippen LogP contribution in [-0.4, -0.2) is 45.4 Å². The Balaban J connectivity index is 1.24. The van der Waals surface area contributed by atoms with Crippen LogP contribution in [0.25, 0.3) is 0 Å². The van der Waals surface area contributed by atoms with Crippen LogP contribution in [0, 0.1) is 5.41 Å². The fourth-order valence-electron chi connectivity index (χ4n) is 3.94. The smallest absolute Gasteiger partial charge is 0.251 e. The Labute approximate surface area is 153 Å². The van der Waals surface area contributed by atoms with E-state index in [4.69, 9.17) is 0 Å². The third-order valence-electron chi connectivity index (χ3n) is 5.79. The number of hydrogen-bond donors (Lipinski definition) is 1. The maximum absolute atomic E-state index is 12.4. The molecular formula is C20H24N4O2. The maximum Gasteiger partial charge on any atom is 0.251 e. The van der Waals surface area contributed by atoms with E-state index in [1.54, 1.807) is 12.5 Å². The molecule has 1 spiro atoms. The van der Waals surface area contributed by atoms with Crippen molar-refractivity contribution in [2.75, 3.05) is 13.1 Å². The topological polar surface area (TPSA) is 67.2 Å². The number of rotatable bonds is 5. The van der Waals surface area contributed by atoms with E-state index in [1.165, 1.54) is 0 Å². The van der Waals surface area contributed by atoms with E-state index >= 15 is 0 Å². The summed E-state index contributed by atoms with van der Waals surface area (Å²) in [5.74, 6) is 0.213. The van der Waals surface area contributed by atoms with Gasteiger partial charge in [0.15, 0.2) is 0 Å². The van der Waals surface area contributed by atoms with E-state index in [-0.39, 0.29) is 23.3 Å². The number of carbonyl (C=O) groups is 2. The molecule has 1 saturated heterocycles. The molecule has 1 aliphatic heterocycles. The molecule has 1 unspecified atom stereocenters. The van der Waals surface area contributed by atoms with Crippen LogP contribution < -0.4 is 5.32 Å². The first-order valence-electron chi connectivity index (χ1n) is 9.26. The molecular weight excluding hydrogens is 328 g/mol. The van der Waals surface area contributed by atoms with Crippen LogP contribution in [-0.2, 0) is 11.3 Å². The molecule has 1 aliphatic carbocycles. The Morgan fingerprint density at radius 2 is 1.96 bits per heavy atom. The van der Waals surface area contributed by atoms with Crippen LogP contribution in [0.3, 0.4) is 0 Å². The van der Waals surface area contributed by atoms with E-state index in [9.17, 15) is 9.59 Å².